The largest absolute Gasteiger partial charge is 0.327 e. The van der Waals surface area contributed by atoms with Crippen LogP contribution in [0.5, 0.6) is 0 Å². The summed E-state index contributed by atoms with van der Waals surface area (Å²) in [7, 11) is 0. The molecule has 1 atom stereocenters. The molecule has 1 unspecified atom stereocenters. The fourth-order valence-corrected chi connectivity index (χ4v) is 1.79. The molecular weight excluding hydrogens is 180 g/mol. The van der Waals surface area contributed by atoms with Gasteiger partial charge in [0.2, 0.25) is 5.91 Å². The zero-order chi connectivity index (χ0) is 9.97. The normalized spacial score (nSPS) is 24.8. The number of hydroxylamine groups is 2. The molecule has 0 aromatic heterocycles. The van der Waals surface area contributed by atoms with Gasteiger partial charge in [-0.25, -0.2) is 5.06 Å². The minimum atomic E-state index is 0.0491. The molecule has 0 radical (unpaired) electrons. The summed E-state index contributed by atoms with van der Waals surface area (Å²) in [6.45, 7) is 1.40. The van der Waals surface area contributed by atoms with Crippen LogP contribution < -0.4 is 5.73 Å². The predicted molar refractivity (Wildman–Crippen MR) is 52.2 cm³/mol. The number of rotatable bonds is 3. The molecule has 0 aromatic carbocycles. The standard InChI is InChI=1S/C10H18N2O2/c11-9(8-3-4-8)7-10(13)12-5-1-2-6-14-12/h8-9H,1-7,11H2. The van der Waals surface area contributed by atoms with Crippen LogP contribution in [-0.2, 0) is 9.63 Å². The van der Waals surface area contributed by atoms with Crippen LogP contribution in [-0.4, -0.2) is 30.2 Å². The van der Waals surface area contributed by atoms with E-state index in [1.807, 2.05) is 0 Å². The van der Waals surface area contributed by atoms with E-state index in [0.717, 1.165) is 19.4 Å². The highest BCUT2D eigenvalue weighted by atomic mass is 16.7. The van der Waals surface area contributed by atoms with Gasteiger partial charge in [0.25, 0.3) is 0 Å². The zero-order valence-corrected chi connectivity index (χ0v) is 8.45. The van der Waals surface area contributed by atoms with Crippen LogP contribution in [0.25, 0.3) is 0 Å². The molecule has 1 saturated carbocycles. The minimum absolute atomic E-state index is 0.0491. The molecule has 0 bridgehead atoms. The van der Waals surface area contributed by atoms with Crippen LogP contribution in [0.1, 0.15) is 32.1 Å². The summed E-state index contributed by atoms with van der Waals surface area (Å²) in [5.41, 5.74) is 5.88. The first-order valence-electron chi connectivity index (χ1n) is 5.46. The number of hydrogen-bond acceptors (Lipinski definition) is 3. The first-order valence-corrected chi connectivity index (χ1v) is 5.46. The lowest BCUT2D eigenvalue weighted by Crippen LogP contribution is -2.39. The third-order valence-corrected chi connectivity index (χ3v) is 2.92. The number of nitrogens with two attached hydrogens (primary N) is 1. The van der Waals surface area contributed by atoms with E-state index in [9.17, 15) is 4.79 Å². The van der Waals surface area contributed by atoms with Crippen LogP contribution >= 0.6 is 0 Å². The van der Waals surface area contributed by atoms with Gasteiger partial charge in [-0.3, -0.25) is 9.63 Å². The minimum Gasteiger partial charge on any atom is -0.327 e. The molecule has 1 heterocycles. The van der Waals surface area contributed by atoms with E-state index in [-0.39, 0.29) is 11.9 Å². The molecule has 1 amide bonds. The van der Waals surface area contributed by atoms with Crippen LogP contribution in [0.15, 0.2) is 0 Å². The first kappa shape index (κ1) is 9.93. The van der Waals surface area contributed by atoms with Gasteiger partial charge in [-0.15, -0.1) is 0 Å². The van der Waals surface area contributed by atoms with Gasteiger partial charge in [0.1, 0.15) is 0 Å². The Morgan fingerprint density at radius 3 is 2.86 bits per heavy atom. The first-order chi connectivity index (χ1) is 6.77. The number of carbonyl (C=O) groups excluding carboxylic acids is 1. The van der Waals surface area contributed by atoms with Gasteiger partial charge < -0.3 is 5.73 Å². The van der Waals surface area contributed by atoms with E-state index >= 15 is 0 Å². The molecular formula is C10H18N2O2. The molecule has 0 spiro atoms. The lowest BCUT2D eigenvalue weighted by molar-refractivity contribution is -0.197. The fourth-order valence-electron chi connectivity index (χ4n) is 1.79. The lowest BCUT2D eigenvalue weighted by atomic mass is 10.1. The van der Waals surface area contributed by atoms with Crippen molar-refractivity contribution >= 4 is 5.91 Å². The molecule has 0 aromatic rings. The molecule has 1 aliphatic heterocycles. The van der Waals surface area contributed by atoms with Crippen molar-refractivity contribution < 1.29 is 9.63 Å². The second kappa shape index (κ2) is 4.28. The Kier molecular flexibility index (Phi) is 3.03. The average molecular weight is 198 g/mol. The maximum Gasteiger partial charge on any atom is 0.247 e. The molecule has 4 nitrogen and oxygen atoms in total. The second-order valence-electron chi connectivity index (χ2n) is 4.24. The van der Waals surface area contributed by atoms with E-state index in [0.29, 0.717) is 18.9 Å². The van der Waals surface area contributed by atoms with Gasteiger partial charge in [-0.2, -0.15) is 0 Å². The third kappa shape index (κ3) is 2.45. The highest BCUT2D eigenvalue weighted by molar-refractivity contribution is 5.75. The van der Waals surface area contributed by atoms with Crippen LogP contribution in [0.3, 0.4) is 0 Å². The molecule has 2 fully saturated rings. The molecule has 4 heteroatoms. The maximum atomic E-state index is 11.7. The summed E-state index contributed by atoms with van der Waals surface area (Å²) in [6.07, 6.45) is 4.93. The van der Waals surface area contributed by atoms with Crippen molar-refractivity contribution in [1.29, 1.82) is 0 Å². The summed E-state index contributed by atoms with van der Waals surface area (Å²) in [4.78, 5) is 16.9. The summed E-state index contributed by atoms with van der Waals surface area (Å²) >= 11 is 0. The van der Waals surface area contributed by atoms with Crippen molar-refractivity contribution in [2.75, 3.05) is 13.2 Å². The highest BCUT2D eigenvalue weighted by Crippen LogP contribution is 2.33. The zero-order valence-electron chi connectivity index (χ0n) is 8.45. The Morgan fingerprint density at radius 1 is 1.50 bits per heavy atom. The molecule has 14 heavy (non-hydrogen) atoms. The van der Waals surface area contributed by atoms with Gasteiger partial charge in [0.15, 0.2) is 0 Å². The average Bonchev–Trinajstić information content (AvgIpc) is 3.02. The van der Waals surface area contributed by atoms with Gasteiger partial charge in [0.05, 0.1) is 6.61 Å². The Balaban J connectivity index is 1.75. The molecule has 2 aliphatic rings. The van der Waals surface area contributed by atoms with E-state index in [1.165, 1.54) is 17.9 Å². The number of amides is 1. The van der Waals surface area contributed by atoms with Crippen molar-refractivity contribution in [1.82, 2.24) is 5.06 Å². The van der Waals surface area contributed by atoms with Gasteiger partial charge in [0, 0.05) is 19.0 Å². The number of hydrogen-bond donors (Lipinski definition) is 1. The molecule has 1 saturated heterocycles. The smallest absolute Gasteiger partial charge is 0.247 e. The van der Waals surface area contributed by atoms with Gasteiger partial charge in [-0.05, 0) is 31.6 Å². The maximum absolute atomic E-state index is 11.7. The molecule has 80 valence electrons. The monoisotopic (exact) mass is 198 g/mol. The quantitative estimate of drug-likeness (QED) is 0.725. The van der Waals surface area contributed by atoms with Crippen molar-refractivity contribution in [3.63, 3.8) is 0 Å². The van der Waals surface area contributed by atoms with E-state index < -0.39 is 0 Å². The summed E-state index contributed by atoms with van der Waals surface area (Å²) in [5.74, 6) is 0.646. The summed E-state index contributed by atoms with van der Waals surface area (Å²) < 4.78 is 0. The molecule has 1 aliphatic carbocycles. The Morgan fingerprint density at radius 2 is 2.29 bits per heavy atom. The van der Waals surface area contributed by atoms with Crippen molar-refractivity contribution in [2.24, 2.45) is 11.7 Å². The van der Waals surface area contributed by atoms with Crippen LogP contribution in [0.4, 0.5) is 0 Å². The Labute approximate surface area is 84.3 Å². The third-order valence-electron chi connectivity index (χ3n) is 2.92. The number of carbonyl (C=O) groups is 1. The Bertz CT molecular complexity index is 210. The van der Waals surface area contributed by atoms with E-state index in [4.69, 9.17) is 10.6 Å². The van der Waals surface area contributed by atoms with Gasteiger partial charge >= 0.3 is 0 Å². The van der Waals surface area contributed by atoms with Crippen molar-refractivity contribution in [2.45, 2.75) is 38.1 Å². The molecule has 2 N–H and O–H groups in total. The molecule has 2 rings (SSSR count). The Hall–Kier alpha value is -0.610. The predicted octanol–water partition coefficient (Wildman–Crippen LogP) is 0.668. The van der Waals surface area contributed by atoms with Crippen LogP contribution in [0.2, 0.25) is 0 Å². The number of nitrogens with zero attached hydrogens (tertiary/aromatic N) is 1. The second-order valence-corrected chi connectivity index (χ2v) is 4.24. The summed E-state index contributed by atoms with van der Waals surface area (Å²) in [6, 6.07) is 0.0491. The van der Waals surface area contributed by atoms with Crippen molar-refractivity contribution in [3.05, 3.63) is 0 Å². The SMILES string of the molecule is NC(CC(=O)N1CCCCO1)C1CC1. The topological polar surface area (TPSA) is 55.6 Å². The van der Waals surface area contributed by atoms with E-state index in [1.54, 1.807) is 0 Å². The lowest BCUT2D eigenvalue weighted by Gasteiger charge is -2.26. The van der Waals surface area contributed by atoms with Crippen LogP contribution in [0, 0.1) is 5.92 Å². The summed E-state index contributed by atoms with van der Waals surface area (Å²) in [5, 5.41) is 1.49. The van der Waals surface area contributed by atoms with Crippen molar-refractivity contribution in [3.8, 4) is 0 Å². The highest BCUT2D eigenvalue weighted by Gasteiger charge is 2.31. The van der Waals surface area contributed by atoms with E-state index in [2.05, 4.69) is 0 Å². The van der Waals surface area contributed by atoms with Gasteiger partial charge in [-0.1, -0.05) is 0 Å². The fraction of sp³-hybridized carbons (Fsp3) is 0.900.